The molecular formula is C56H37N3. The molecule has 0 saturated heterocycles. The van der Waals surface area contributed by atoms with Crippen molar-refractivity contribution in [2.24, 2.45) is 0 Å². The van der Waals surface area contributed by atoms with E-state index >= 15 is 0 Å². The first kappa shape index (κ1) is 33.6. The van der Waals surface area contributed by atoms with Gasteiger partial charge in [-0.1, -0.05) is 184 Å². The van der Waals surface area contributed by atoms with Crippen molar-refractivity contribution in [3.8, 4) is 56.4 Å². The SMILES string of the molecule is CC1(C)c2ccccc2-c2c(-c3cccc4ccc(-c5nc(-c6cc7ccccc7c7ccccc67)nc(-c6cc7ccccc7c7ccccc67)n5)cc34)cccc21. The summed E-state index contributed by atoms with van der Waals surface area (Å²) < 4.78 is 0. The van der Waals surface area contributed by atoms with Crippen LogP contribution in [0.2, 0.25) is 0 Å². The van der Waals surface area contributed by atoms with E-state index in [0.29, 0.717) is 17.5 Å². The number of nitrogens with zero attached hydrogens (tertiary/aromatic N) is 3. The molecule has 12 rings (SSSR count). The number of hydrogen-bond acceptors (Lipinski definition) is 3. The van der Waals surface area contributed by atoms with E-state index in [1.807, 2.05) is 0 Å². The standard InChI is InChI=1S/C56H37N3/c1-56(2)50-27-12-11-24-46(50)52-45(26-14-28-51(52)56)44-25-13-17-34-29-30-37(33-47(34)44)53-57-54(48-31-35-15-3-5-18-38(35)40-20-7-9-22-42(40)48)59-55(58-53)49-32-36-16-4-6-19-39(36)41-21-8-10-23-43(41)49/h3-33H,1-2H3. The Morgan fingerprint density at radius 1 is 0.305 bits per heavy atom. The lowest BCUT2D eigenvalue weighted by Gasteiger charge is -2.21. The Bertz CT molecular complexity index is 3410. The van der Waals surface area contributed by atoms with Gasteiger partial charge in [0.2, 0.25) is 0 Å². The van der Waals surface area contributed by atoms with E-state index in [-0.39, 0.29) is 5.41 Å². The van der Waals surface area contributed by atoms with Gasteiger partial charge in [-0.3, -0.25) is 0 Å². The molecule has 11 aromatic rings. The van der Waals surface area contributed by atoms with Gasteiger partial charge in [0.05, 0.1) is 0 Å². The van der Waals surface area contributed by atoms with Crippen molar-refractivity contribution in [3.63, 3.8) is 0 Å². The number of benzene rings is 10. The third kappa shape index (κ3) is 5.11. The summed E-state index contributed by atoms with van der Waals surface area (Å²) >= 11 is 0. The molecule has 0 unspecified atom stereocenters. The van der Waals surface area contributed by atoms with Crippen LogP contribution in [0.3, 0.4) is 0 Å². The molecular weight excluding hydrogens is 715 g/mol. The highest BCUT2D eigenvalue weighted by Crippen LogP contribution is 2.52. The zero-order valence-electron chi connectivity index (χ0n) is 32.7. The third-order valence-corrected chi connectivity index (χ3v) is 12.7. The highest BCUT2D eigenvalue weighted by molar-refractivity contribution is 6.15. The van der Waals surface area contributed by atoms with Crippen molar-refractivity contribution < 1.29 is 0 Å². The van der Waals surface area contributed by atoms with Crippen LogP contribution in [-0.2, 0) is 5.41 Å². The average Bonchev–Trinajstić information content (AvgIpc) is 3.53. The van der Waals surface area contributed by atoms with Crippen LogP contribution >= 0.6 is 0 Å². The lowest BCUT2D eigenvalue weighted by molar-refractivity contribution is 0.660. The van der Waals surface area contributed by atoms with Crippen LogP contribution in [0.15, 0.2) is 188 Å². The van der Waals surface area contributed by atoms with Gasteiger partial charge in [0.25, 0.3) is 0 Å². The molecule has 10 aromatic carbocycles. The van der Waals surface area contributed by atoms with E-state index in [2.05, 4.69) is 202 Å². The highest BCUT2D eigenvalue weighted by Gasteiger charge is 2.36. The Kier molecular flexibility index (Phi) is 7.27. The summed E-state index contributed by atoms with van der Waals surface area (Å²) in [6.45, 7) is 4.69. The Balaban J connectivity index is 1.13. The van der Waals surface area contributed by atoms with E-state index in [1.54, 1.807) is 0 Å². The molecule has 3 nitrogen and oxygen atoms in total. The number of rotatable bonds is 4. The quantitative estimate of drug-likeness (QED) is 0.168. The highest BCUT2D eigenvalue weighted by atomic mass is 15.0. The summed E-state index contributed by atoms with van der Waals surface area (Å²) in [6.07, 6.45) is 0. The Labute approximate surface area is 342 Å². The summed E-state index contributed by atoms with van der Waals surface area (Å²) in [4.78, 5) is 16.2. The molecule has 0 aliphatic heterocycles. The third-order valence-electron chi connectivity index (χ3n) is 12.7. The van der Waals surface area contributed by atoms with Crippen LogP contribution in [0.4, 0.5) is 0 Å². The van der Waals surface area contributed by atoms with Gasteiger partial charge in [0, 0.05) is 22.1 Å². The molecule has 0 radical (unpaired) electrons. The lowest BCUT2D eigenvalue weighted by atomic mass is 9.82. The Morgan fingerprint density at radius 3 is 1.44 bits per heavy atom. The van der Waals surface area contributed by atoms with Crippen molar-refractivity contribution >= 4 is 53.9 Å². The molecule has 1 aromatic heterocycles. The molecule has 1 aliphatic rings. The second kappa shape index (κ2) is 12.8. The molecule has 0 atom stereocenters. The predicted octanol–water partition coefficient (Wildman–Crippen LogP) is 14.6. The van der Waals surface area contributed by atoms with Crippen molar-refractivity contribution in [2.45, 2.75) is 19.3 Å². The van der Waals surface area contributed by atoms with Crippen LogP contribution in [0.25, 0.3) is 110 Å². The van der Waals surface area contributed by atoms with Crippen LogP contribution in [0.5, 0.6) is 0 Å². The fraction of sp³-hybridized carbons (Fsp3) is 0.0536. The van der Waals surface area contributed by atoms with E-state index in [9.17, 15) is 0 Å². The first-order valence-electron chi connectivity index (χ1n) is 20.4. The molecule has 276 valence electrons. The van der Waals surface area contributed by atoms with Crippen molar-refractivity contribution in [1.82, 2.24) is 15.0 Å². The van der Waals surface area contributed by atoms with Crippen molar-refractivity contribution in [1.29, 1.82) is 0 Å². The maximum atomic E-state index is 5.39. The van der Waals surface area contributed by atoms with Gasteiger partial charge in [0.15, 0.2) is 17.5 Å². The second-order valence-electron chi connectivity index (χ2n) is 16.3. The van der Waals surface area contributed by atoms with E-state index in [1.165, 1.54) is 60.3 Å². The lowest BCUT2D eigenvalue weighted by Crippen LogP contribution is -2.14. The molecule has 0 spiro atoms. The summed E-state index contributed by atoms with van der Waals surface area (Å²) in [5.41, 5.74) is 10.6. The normalized spacial score (nSPS) is 13.1. The first-order valence-corrected chi connectivity index (χ1v) is 20.4. The Hall–Kier alpha value is -7.49. The van der Waals surface area contributed by atoms with Crippen molar-refractivity contribution in [2.75, 3.05) is 0 Å². The second-order valence-corrected chi connectivity index (χ2v) is 16.3. The van der Waals surface area contributed by atoms with E-state index in [4.69, 9.17) is 15.0 Å². The van der Waals surface area contributed by atoms with Crippen molar-refractivity contribution in [3.05, 3.63) is 199 Å². The minimum atomic E-state index is -0.0881. The maximum Gasteiger partial charge on any atom is 0.164 e. The van der Waals surface area contributed by atoms with E-state index < -0.39 is 0 Å². The van der Waals surface area contributed by atoms with Crippen LogP contribution in [0.1, 0.15) is 25.0 Å². The van der Waals surface area contributed by atoms with Gasteiger partial charge < -0.3 is 0 Å². The molecule has 1 heterocycles. The predicted molar refractivity (Wildman–Crippen MR) is 247 cm³/mol. The fourth-order valence-corrected chi connectivity index (χ4v) is 9.85. The zero-order valence-corrected chi connectivity index (χ0v) is 32.7. The first-order chi connectivity index (χ1) is 29.0. The molecule has 0 saturated carbocycles. The molecule has 0 fully saturated rings. The van der Waals surface area contributed by atoms with Crippen LogP contribution in [-0.4, -0.2) is 15.0 Å². The van der Waals surface area contributed by atoms with Gasteiger partial charge in [-0.2, -0.15) is 0 Å². The van der Waals surface area contributed by atoms with Gasteiger partial charge in [0.1, 0.15) is 0 Å². The summed E-state index contributed by atoms with van der Waals surface area (Å²) in [5.74, 6) is 1.94. The van der Waals surface area contributed by atoms with Gasteiger partial charge >= 0.3 is 0 Å². The number of fused-ring (bicyclic) bond motifs is 10. The van der Waals surface area contributed by atoms with Gasteiger partial charge in [-0.25, -0.2) is 15.0 Å². The van der Waals surface area contributed by atoms with Crippen LogP contribution < -0.4 is 0 Å². The molecule has 59 heavy (non-hydrogen) atoms. The molecule has 0 N–H and O–H groups in total. The maximum absolute atomic E-state index is 5.39. The topological polar surface area (TPSA) is 38.7 Å². The molecule has 0 amide bonds. The summed E-state index contributed by atoms with van der Waals surface area (Å²) in [7, 11) is 0. The van der Waals surface area contributed by atoms with Gasteiger partial charge in [-0.15, -0.1) is 0 Å². The number of aromatic nitrogens is 3. The minimum absolute atomic E-state index is 0.0881. The summed E-state index contributed by atoms with van der Waals surface area (Å²) in [6, 6.07) is 67.9. The minimum Gasteiger partial charge on any atom is -0.208 e. The number of hydrogen-bond donors (Lipinski definition) is 0. The average molecular weight is 752 g/mol. The molecule has 3 heteroatoms. The fourth-order valence-electron chi connectivity index (χ4n) is 9.85. The summed E-state index contributed by atoms with van der Waals surface area (Å²) in [5, 5.41) is 11.6. The monoisotopic (exact) mass is 751 g/mol. The van der Waals surface area contributed by atoms with Crippen LogP contribution in [0, 0.1) is 0 Å². The smallest absolute Gasteiger partial charge is 0.164 e. The molecule has 1 aliphatic carbocycles. The largest absolute Gasteiger partial charge is 0.208 e. The van der Waals surface area contributed by atoms with Gasteiger partial charge in [-0.05, 0) is 105 Å². The molecule has 0 bridgehead atoms. The zero-order chi connectivity index (χ0) is 39.2. The Morgan fingerprint density at radius 2 is 0.780 bits per heavy atom. The van der Waals surface area contributed by atoms with E-state index in [0.717, 1.165) is 43.6 Å².